The summed E-state index contributed by atoms with van der Waals surface area (Å²) in [6, 6.07) is 5.30. The van der Waals surface area contributed by atoms with Gasteiger partial charge in [-0.25, -0.2) is 14.3 Å². The van der Waals surface area contributed by atoms with Gasteiger partial charge in [0, 0.05) is 18.8 Å². The lowest BCUT2D eigenvalue weighted by molar-refractivity contribution is -0.145. The third-order valence-electron chi connectivity index (χ3n) is 4.06. The number of hydrogen-bond donors (Lipinski definition) is 0. The van der Waals surface area contributed by atoms with Crippen LogP contribution in [0.25, 0.3) is 0 Å². The molecule has 1 aliphatic heterocycles. The molecule has 1 unspecified atom stereocenters. The van der Waals surface area contributed by atoms with Gasteiger partial charge in [-0.2, -0.15) is 0 Å². The van der Waals surface area contributed by atoms with Crippen molar-refractivity contribution in [3.63, 3.8) is 0 Å². The second kappa shape index (κ2) is 7.92. The van der Waals surface area contributed by atoms with Gasteiger partial charge in [0.1, 0.15) is 11.4 Å². The SMILES string of the molecule is CCOC(=O)C(Cc1nccn1C(=O)OC(C)(C)C)c1ccc2c(c1)OCO2. The van der Waals surface area contributed by atoms with E-state index >= 15 is 0 Å². The number of fused-ring (bicyclic) bond motifs is 1. The number of hydrogen-bond acceptors (Lipinski definition) is 7. The quantitative estimate of drug-likeness (QED) is 0.726. The summed E-state index contributed by atoms with van der Waals surface area (Å²) in [5, 5.41) is 0. The largest absolute Gasteiger partial charge is 0.466 e. The number of benzene rings is 1. The fourth-order valence-electron chi connectivity index (χ4n) is 2.86. The van der Waals surface area contributed by atoms with Gasteiger partial charge in [-0.1, -0.05) is 6.07 Å². The van der Waals surface area contributed by atoms with E-state index in [1.807, 2.05) is 0 Å². The van der Waals surface area contributed by atoms with Crippen molar-refractivity contribution in [1.82, 2.24) is 9.55 Å². The predicted octanol–water partition coefficient (Wildman–Crippen LogP) is 3.28. The Labute approximate surface area is 163 Å². The molecule has 0 radical (unpaired) electrons. The lowest BCUT2D eigenvalue weighted by Crippen LogP contribution is -2.28. The second-order valence-corrected chi connectivity index (χ2v) is 7.32. The Kier molecular flexibility index (Phi) is 5.58. The van der Waals surface area contributed by atoms with Crippen LogP contribution in [-0.2, 0) is 20.7 Å². The van der Waals surface area contributed by atoms with E-state index in [1.54, 1.807) is 45.9 Å². The standard InChI is InChI=1S/C20H24N2O6/c1-5-25-18(23)14(13-6-7-15-16(10-13)27-12-26-15)11-17-21-8-9-22(17)19(24)28-20(2,3)4/h6-10,14H,5,11-12H2,1-4H3. The molecule has 0 amide bonds. The molecule has 0 aliphatic carbocycles. The van der Waals surface area contributed by atoms with Crippen LogP contribution in [0.5, 0.6) is 11.5 Å². The van der Waals surface area contributed by atoms with Gasteiger partial charge in [-0.15, -0.1) is 0 Å². The van der Waals surface area contributed by atoms with Gasteiger partial charge in [0.2, 0.25) is 6.79 Å². The van der Waals surface area contributed by atoms with Gasteiger partial charge in [-0.05, 0) is 45.4 Å². The molecule has 8 heteroatoms. The van der Waals surface area contributed by atoms with Crippen LogP contribution in [0.1, 0.15) is 45.0 Å². The Bertz CT molecular complexity index is 868. The summed E-state index contributed by atoms with van der Waals surface area (Å²) >= 11 is 0. The lowest BCUT2D eigenvalue weighted by atomic mass is 9.95. The summed E-state index contributed by atoms with van der Waals surface area (Å²) in [5.41, 5.74) is 0.0534. The molecule has 3 rings (SSSR count). The Morgan fingerprint density at radius 2 is 2.00 bits per heavy atom. The summed E-state index contributed by atoms with van der Waals surface area (Å²) in [7, 11) is 0. The zero-order chi connectivity index (χ0) is 20.3. The molecule has 28 heavy (non-hydrogen) atoms. The van der Waals surface area contributed by atoms with Gasteiger partial charge in [0.05, 0.1) is 12.5 Å². The fraction of sp³-hybridized carbons (Fsp3) is 0.450. The van der Waals surface area contributed by atoms with Crippen molar-refractivity contribution < 1.29 is 28.5 Å². The molecule has 2 aromatic rings. The highest BCUT2D eigenvalue weighted by Gasteiger charge is 2.28. The van der Waals surface area contributed by atoms with Gasteiger partial charge >= 0.3 is 12.1 Å². The Balaban J connectivity index is 1.88. The van der Waals surface area contributed by atoms with Gasteiger partial charge in [-0.3, -0.25) is 4.79 Å². The summed E-state index contributed by atoms with van der Waals surface area (Å²) in [5.74, 6) is 0.548. The van der Waals surface area contributed by atoms with Crippen molar-refractivity contribution in [2.75, 3.05) is 13.4 Å². The highest BCUT2D eigenvalue weighted by atomic mass is 16.7. The van der Waals surface area contributed by atoms with E-state index in [0.29, 0.717) is 22.9 Å². The van der Waals surface area contributed by atoms with Crippen molar-refractivity contribution >= 4 is 12.1 Å². The fourth-order valence-corrected chi connectivity index (χ4v) is 2.86. The van der Waals surface area contributed by atoms with Crippen LogP contribution in [0.15, 0.2) is 30.6 Å². The molecular formula is C20H24N2O6. The van der Waals surface area contributed by atoms with Crippen molar-refractivity contribution in [2.24, 2.45) is 0 Å². The molecule has 2 heterocycles. The number of carbonyl (C=O) groups excluding carboxylic acids is 2. The number of rotatable bonds is 5. The summed E-state index contributed by atoms with van der Waals surface area (Å²) in [6.07, 6.45) is 2.64. The molecule has 0 saturated carbocycles. The maximum absolute atomic E-state index is 12.6. The third kappa shape index (κ3) is 4.44. The summed E-state index contributed by atoms with van der Waals surface area (Å²) in [4.78, 5) is 29.3. The number of aromatic nitrogens is 2. The average Bonchev–Trinajstić information content (AvgIpc) is 3.26. The van der Waals surface area contributed by atoms with E-state index < -0.39 is 23.6 Å². The summed E-state index contributed by atoms with van der Waals surface area (Å²) in [6.45, 7) is 7.50. The first kappa shape index (κ1) is 19.7. The van der Waals surface area contributed by atoms with E-state index in [0.717, 1.165) is 0 Å². The highest BCUT2D eigenvalue weighted by molar-refractivity contribution is 5.79. The number of imidazole rings is 1. The smallest absolute Gasteiger partial charge is 0.419 e. The highest BCUT2D eigenvalue weighted by Crippen LogP contribution is 2.35. The number of carbonyl (C=O) groups is 2. The van der Waals surface area contributed by atoms with Crippen LogP contribution < -0.4 is 9.47 Å². The minimum atomic E-state index is -0.655. The molecule has 1 aliphatic rings. The molecular weight excluding hydrogens is 364 g/mol. The van der Waals surface area contributed by atoms with Crippen LogP contribution >= 0.6 is 0 Å². The molecule has 0 bridgehead atoms. The minimum absolute atomic E-state index is 0.145. The zero-order valence-electron chi connectivity index (χ0n) is 16.4. The van der Waals surface area contributed by atoms with Gasteiger partial charge < -0.3 is 18.9 Å². The van der Waals surface area contributed by atoms with Crippen LogP contribution in [0.4, 0.5) is 4.79 Å². The van der Waals surface area contributed by atoms with Crippen molar-refractivity contribution in [1.29, 1.82) is 0 Å². The number of esters is 1. The Hall–Kier alpha value is -3.03. The van der Waals surface area contributed by atoms with Crippen LogP contribution in [0.3, 0.4) is 0 Å². The molecule has 150 valence electrons. The monoisotopic (exact) mass is 388 g/mol. The van der Waals surface area contributed by atoms with Crippen LogP contribution in [-0.4, -0.2) is 40.6 Å². The molecule has 0 spiro atoms. The van der Waals surface area contributed by atoms with E-state index in [-0.39, 0.29) is 19.8 Å². The van der Waals surface area contributed by atoms with E-state index in [1.165, 1.54) is 17.0 Å². The molecule has 1 aromatic carbocycles. The predicted molar refractivity (Wildman–Crippen MR) is 99.5 cm³/mol. The number of nitrogens with zero attached hydrogens (tertiary/aromatic N) is 2. The van der Waals surface area contributed by atoms with E-state index in [9.17, 15) is 9.59 Å². The minimum Gasteiger partial charge on any atom is -0.466 e. The Morgan fingerprint density at radius 3 is 2.71 bits per heavy atom. The first-order chi connectivity index (χ1) is 13.3. The van der Waals surface area contributed by atoms with E-state index in [4.69, 9.17) is 18.9 Å². The third-order valence-corrected chi connectivity index (χ3v) is 4.06. The average molecular weight is 388 g/mol. The van der Waals surface area contributed by atoms with Crippen molar-refractivity contribution in [3.05, 3.63) is 42.0 Å². The van der Waals surface area contributed by atoms with Crippen molar-refractivity contribution in [3.8, 4) is 11.5 Å². The normalized spacial score (nSPS) is 13.9. The van der Waals surface area contributed by atoms with Crippen LogP contribution in [0.2, 0.25) is 0 Å². The second-order valence-electron chi connectivity index (χ2n) is 7.32. The number of ether oxygens (including phenoxy) is 4. The topological polar surface area (TPSA) is 88.9 Å². The van der Waals surface area contributed by atoms with Gasteiger partial charge in [0.25, 0.3) is 0 Å². The summed E-state index contributed by atoms with van der Waals surface area (Å²) < 4.78 is 22.7. The zero-order valence-corrected chi connectivity index (χ0v) is 16.4. The maximum atomic E-state index is 12.6. The first-order valence-corrected chi connectivity index (χ1v) is 9.10. The molecule has 1 aromatic heterocycles. The molecule has 0 N–H and O–H groups in total. The maximum Gasteiger partial charge on any atom is 0.419 e. The molecule has 8 nitrogen and oxygen atoms in total. The van der Waals surface area contributed by atoms with Crippen molar-refractivity contribution in [2.45, 2.75) is 45.6 Å². The Morgan fingerprint density at radius 1 is 1.25 bits per heavy atom. The van der Waals surface area contributed by atoms with Crippen LogP contribution in [0, 0.1) is 0 Å². The van der Waals surface area contributed by atoms with Gasteiger partial charge in [0.15, 0.2) is 11.5 Å². The van der Waals surface area contributed by atoms with E-state index in [2.05, 4.69) is 4.98 Å². The molecule has 0 saturated heterocycles. The molecule has 0 fully saturated rings. The molecule has 1 atom stereocenters. The lowest BCUT2D eigenvalue weighted by Gasteiger charge is -2.21. The first-order valence-electron chi connectivity index (χ1n) is 9.10.